The minimum absolute atomic E-state index is 0.218. The van der Waals surface area contributed by atoms with E-state index in [1.54, 1.807) is 0 Å². The summed E-state index contributed by atoms with van der Waals surface area (Å²) in [6, 6.07) is 5.28. The molecule has 1 aliphatic carbocycles. The molecule has 0 aromatic heterocycles. The van der Waals surface area contributed by atoms with Gasteiger partial charge in [-0.2, -0.15) is 22.0 Å². The second-order valence-corrected chi connectivity index (χ2v) is 6.69. The SMILES string of the molecule is FCCCC1CCC(c2ccc(OC(F)(F)C(F)C(F)(F)F)cc2)CC1. The number of benzene rings is 1. The third kappa shape index (κ3) is 5.51. The van der Waals surface area contributed by atoms with E-state index in [-0.39, 0.29) is 12.6 Å². The van der Waals surface area contributed by atoms with E-state index < -0.39 is 24.2 Å². The molecule has 1 fully saturated rings. The van der Waals surface area contributed by atoms with Gasteiger partial charge in [0.1, 0.15) is 5.75 Å². The number of hydrogen-bond donors (Lipinski definition) is 0. The van der Waals surface area contributed by atoms with Crippen LogP contribution in [0.1, 0.15) is 50.0 Å². The van der Waals surface area contributed by atoms with Crippen molar-refractivity contribution in [1.29, 1.82) is 0 Å². The smallest absolute Gasteiger partial charge is 0.430 e. The van der Waals surface area contributed by atoms with Crippen LogP contribution < -0.4 is 4.74 Å². The Balaban J connectivity index is 1.93. The van der Waals surface area contributed by atoms with Crippen LogP contribution in [-0.2, 0) is 0 Å². The summed E-state index contributed by atoms with van der Waals surface area (Å²) in [7, 11) is 0. The quantitative estimate of drug-likeness (QED) is 0.481. The summed E-state index contributed by atoms with van der Waals surface area (Å²) in [4.78, 5) is 0. The van der Waals surface area contributed by atoms with Crippen molar-refractivity contribution < 1.29 is 35.5 Å². The van der Waals surface area contributed by atoms with Gasteiger partial charge in [0.2, 0.25) is 0 Å². The van der Waals surface area contributed by atoms with Crippen LogP contribution in [0.3, 0.4) is 0 Å². The van der Waals surface area contributed by atoms with Crippen LogP contribution in [0, 0.1) is 5.92 Å². The highest BCUT2D eigenvalue weighted by Gasteiger charge is 2.59. The summed E-state index contributed by atoms with van der Waals surface area (Å²) in [6.07, 6.45) is -10.0. The van der Waals surface area contributed by atoms with Gasteiger partial charge in [-0.15, -0.1) is 0 Å². The third-order valence-corrected chi connectivity index (χ3v) is 4.78. The normalized spacial score (nSPS) is 22.9. The maximum atomic E-state index is 13.3. The maximum Gasteiger partial charge on any atom is 0.439 e. The second-order valence-electron chi connectivity index (χ2n) is 6.69. The molecule has 1 aromatic rings. The summed E-state index contributed by atoms with van der Waals surface area (Å²) < 4.78 is 91.8. The molecule has 0 amide bonds. The first kappa shape index (κ1) is 20.8. The molecule has 0 aliphatic heterocycles. The second kappa shape index (κ2) is 8.48. The molecule has 0 spiro atoms. The van der Waals surface area contributed by atoms with Gasteiger partial charge < -0.3 is 4.74 Å². The zero-order valence-electron chi connectivity index (χ0n) is 14.0. The average molecular weight is 386 g/mol. The molecule has 8 heteroatoms. The van der Waals surface area contributed by atoms with E-state index in [1.165, 1.54) is 12.1 Å². The Labute approximate surface area is 147 Å². The number of halogens is 7. The monoisotopic (exact) mass is 386 g/mol. The molecular weight excluding hydrogens is 365 g/mol. The lowest BCUT2D eigenvalue weighted by Gasteiger charge is -2.29. The topological polar surface area (TPSA) is 9.23 Å². The largest absolute Gasteiger partial charge is 0.439 e. The molecule has 0 saturated heterocycles. The summed E-state index contributed by atoms with van der Waals surface area (Å²) >= 11 is 0. The lowest BCUT2D eigenvalue weighted by molar-refractivity contribution is -0.304. The Morgan fingerprint density at radius 1 is 0.962 bits per heavy atom. The molecule has 26 heavy (non-hydrogen) atoms. The number of ether oxygens (including phenoxy) is 1. The lowest BCUT2D eigenvalue weighted by Crippen LogP contribution is -2.45. The summed E-state index contributed by atoms with van der Waals surface area (Å²) in [5.41, 5.74) is 0.872. The van der Waals surface area contributed by atoms with Crippen molar-refractivity contribution >= 4 is 0 Å². The Morgan fingerprint density at radius 2 is 1.54 bits per heavy atom. The van der Waals surface area contributed by atoms with E-state index in [0.717, 1.165) is 49.8 Å². The van der Waals surface area contributed by atoms with Gasteiger partial charge in [0.25, 0.3) is 6.17 Å². The average Bonchev–Trinajstić information content (AvgIpc) is 2.59. The molecule has 1 atom stereocenters. The van der Waals surface area contributed by atoms with Gasteiger partial charge in [-0.25, -0.2) is 4.39 Å². The highest BCUT2D eigenvalue weighted by molar-refractivity contribution is 5.30. The molecule has 0 radical (unpaired) electrons. The Hall–Kier alpha value is -1.47. The van der Waals surface area contributed by atoms with Crippen LogP contribution in [0.2, 0.25) is 0 Å². The van der Waals surface area contributed by atoms with E-state index in [1.807, 2.05) is 0 Å². The van der Waals surface area contributed by atoms with Gasteiger partial charge in [-0.1, -0.05) is 12.1 Å². The Kier molecular flexibility index (Phi) is 6.80. The van der Waals surface area contributed by atoms with Crippen LogP contribution in [0.5, 0.6) is 5.75 Å². The van der Waals surface area contributed by atoms with E-state index in [4.69, 9.17) is 0 Å². The van der Waals surface area contributed by atoms with Crippen molar-refractivity contribution in [1.82, 2.24) is 0 Å². The first-order valence-corrected chi connectivity index (χ1v) is 8.57. The standard InChI is InChI=1S/C18H21F7O/c19-11-1-2-12-3-5-13(6-4-12)14-7-9-15(10-8-14)26-18(24,25)16(20)17(21,22)23/h7-10,12-13,16H,1-6,11H2. The van der Waals surface area contributed by atoms with Crippen LogP contribution in [0.25, 0.3) is 0 Å². The molecule has 0 bridgehead atoms. The van der Waals surface area contributed by atoms with Gasteiger partial charge in [0.15, 0.2) is 0 Å². The molecule has 1 aromatic carbocycles. The molecule has 1 nitrogen and oxygen atoms in total. The predicted molar refractivity (Wildman–Crippen MR) is 82.9 cm³/mol. The fourth-order valence-electron chi connectivity index (χ4n) is 3.36. The van der Waals surface area contributed by atoms with E-state index in [9.17, 15) is 30.7 Å². The summed E-state index contributed by atoms with van der Waals surface area (Å²) in [5, 5.41) is 0. The molecule has 0 N–H and O–H groups in total. The van der Waals surface area contributed by atoms with Gasteiger partial charge >= 0.3 is 12.3 Å². The van der Waals surface area contributed by atoms with E-state index in [0.29, 0.717) is 12.3 Å². The van der Waals surface area contributed by atoms with Crippen LogP contribution in [0.15, 0.2) is 24.3 Å². The zero-order valence-corrected chi connectivity index (χ0v) is 14.0. The fourth-order valence-corrected chi connectivity index (χ4v) is 3.36. The van der Waals surface area contributed by atoms with E-state index in [2.05, 4.69) is 4.74 Å². The maximum absolute atomic E-state index is 13.3. The highest BCUT2D eigenvalue weighted by atomic mass is 19.4. The molecular formula is C18H21F7O. The third-order valence-electron chi connectivity index (χ3n) is 4.78. The van der Waals surface area contributed by atoms with Crippen molar-refractivity contribution in [2.24, 2.45) is 5.92 Å². The first-order valence-electron chi connectivity index (χ1n) is 8.57. The van der Waals surface area contributed by atoms with Crippen molar-refractivity contribution in [3.8, 4) is 5.75 Å². The minimum atomic E-state index is -5.70. The minimum Gasteiger partial charge on any atom is -0.430 e. The van der Waals surface area contributed by atoms with Gasteiger partial charge in [-0.05, 0) is 68.1 Å². The molecule has 148 valence electrons. The molecule has 2 rings (SSSR count). The van der Waals surface area contributed by atoms with Crippen molar-refractivity contribution in [3.05, 3.63) is 29.8 Å². The summed E-state index contributed by atoms with van der Waals surface area (Å²) in [5.74, 6) is 0.185. The van der Waals surface area contributed by atoms with Crippen LogP contribution in [-0.4, -0.2) is 25.1 Å². The Bertz CT molecular complexity index is 548. The highest BCUT2D eigenvalue weighted by Crippen LogP contribution is 2.39. The molecule has 0 heterocycles. The van der Waals surface area contributed by atoms with Crippen molar-refractivity contribution in [2.75, 3.05) is 6.67 Å². The van der Waals surface area contributed by atoms with Crippen molar-refractivity contribution in [2.45, 2.75) is 62.9 Å². The predicted octanol–water partition coefficient (Wildman–Crippen LogP) is 6.58. The van der Waals surface area contributed by atoms with Gasteiger partial charge in [0, 0.05) is 0 Å². The van der Waals surface area contributed by atoms with Crippen molar-refractivity contribution in [3.63, 3.8) is 0 Å². The number of alkyl halides is 7. The molecule has 1 unspecified atom stereocenters. The lowest BCUT2D eigenvalue weighted by atomic mass is 9.77. The van der Waals surface area contributed by atoms with Gasteiger partial charge in [-0.3, -0.25) is 4.39 Å². The fraction of sp³-hybridized carbons (Fsp3) is 0.667. The molecule has 1 saturated carbocycles. The zero-order chi connectivity index (χ0) is 19.4. The number of rotatable bonds is 7. The van der Waals surface area contributed by atoms with E-state index >= 15 is 0 Å². The molecule has 1 aliphatic rings. The summed E-state index contributed by atoms with van der Waals surface area (Å²) in [6.45, 7) is -0.319. The number of hydrogen-bond acceptors (Lipinski definition) is 1. The van der Waals surface area contributed by atoms with Crippen LogP contribution >= 0.6 is 0 Å². The first-order chi connectivity index (χ1) is 12.1. The van der Waals surface area contributed by atoms with Gasteiger partial charge in [0.05, 0.1) is 6.67 Å². The van der Waals surface area contributed by atoms with Crippen LogP contribution in [0.4, 0.5) is 30.7 Å². The Morgan fingerprint density at radius 3 is 2.04 bits per heavy atom.